The second kappa shape index (κ2) is 4.94. The summed E-state index contributed by atoms with van der Waals surface area (Å²) in [6.07, 6.45) is 0.689. The highest BCUT2D eigenvalue weighted by Crippen LogP contribution is 2.26. The van der Waals surface area contributed by atoms with Crippen molar-refractivity contribution in [3.8, 4) is 6.07 Å². The van der Waals surface area contributed by atoms with Crippen LogP contribution in [0.5, 0.6) is 0 Å². The lowest BCUT2D eigenvalue weighted by Gasteiger charge is -2.08. The summed E-state index contributed by atoms with van der Waals surface area (Å²) in [6.45, 7) is 1.93. The molecule has 1 aromatic rings. The molecular weight excluding hydrogens is 258 g/mol. The predicted octanol–water partition coefficient (Wildman–Crippen LogP) is 2.67. The molecule has 0 fully saturated rings. The first-order valence-electron chi connectivity index (χ1n) is 4.45. The summed E-state index contributed by atoms with van der Waals surface area (Å²) in [5.74, 6) is -0.402. The van der Waals surface area contributed by atoms with E-state index < -0.39 is 5.97 Å². The van der Waals surface area contributed by atoms with E-state index in [9.17, 15) is 4.79 Å². The van der Waals surface area contributed by atoms with Crippen LogP contribution in [0.3, 0.4) is 0 Å². The summed E-state index contributed by atoms with van der Waals surface area (Å²) in [5, 5.41) is 8.87. The maximum absolute atomic E-state index is 11.4. The Labute approximate surface area is 96.8 Å². The van der Waals surface area contributed by atoms with Crippen molar-refractivity contribution in [2.75, 3.05) is 7.11 Å². The average molecular weight is 268 g/mol. The summed E-state index contributed by atoms with van der Waals surface area (Å²) in [4.78, 5) is 11.4. The number of rotatable bonds is 2. The number of carbonyl (C=O) groups excluding carboxylic acids is 1. The third kappa shape index (κ3) is 2.18. The molecule has 0 amide bonds. The number of esters is 1. The summed E-state index contributed by atoms with van der Waals surface area (Å²) in [5.41, 5.74) is 1.87. The summed E-state index contributed by atoms with van der Waals surface area (Å²) in [7, 11) is 1.33. The quantitative estimate of drug-likeness (QED) is 0.775. The van der Waals surface area contributed by atoms with Crippen molar-refractivity contribution in [1.82, 2.24) is 0 Å². The molecule has 0 saturated carbocycles. The number of halogens is 1. The standard InChI is InChI=1S/C11H10BrNO2/c1-3-8-7(6-13)4-5-9(10(8)12)11(14)15-2/h4-5H,3H2,1-2H3. The molecule has 0 radical (unpaired) electrons. The van der Waals surface area contributed by atoms with E-state index in [1.807, 2.05) is 6.92 Å². The van der Waals surface area contributed by atoms with Crippen molar-refractivity contribution in [3.05, 3.63) is 33.3 Å². The van der Waals surface area contributed by atoms with Gasteiger partial charge in [-0.3, -0.25) is 0 Å². The van der Waals surface area contributed by atoms with E-state index in [1.165, 1.54) is 7.11 Å². The largest absolute Gasteiger partial charge is 0.465 e. The molecule has 0 saturated heterocycles. The van der Waals surface area contributed by atoms with Crippen molar-refractivity contribution < 1.29 is 9.53 Å². The Morgan fingerprint density at radius 2 is 2.27 bits per heavy atom. The van der Waals surface area contributed by atoms with Crippen LogP contribution in [-0.2, 0) is 11.2 Å². The summed E-state index contributed by atoms with van der Waals surface area (Å²) >= 11 is 3.32. The molecular formula is C11H10BrNO2. The molecule has 0 aromatic heterocycles. The predicted molar refractivity (Wildman–Crippen MR) is 59.6 cm³/mol. The van der Waals surface area contributed by atoms with Crippen molar-refractivity contribution >= 4 is 21.9 Å². The van der Waals surface area contributed by atoms with E-state index in [-0.39, 0.29) is 0 Å². The smallest absolute Gasteiger partial charge is 0.339 e. The molecule has 4 heteroatoms. The molecule has 3 nitrogen and oxygen atoms in total. The Kier molecular flexibility index (Phi) is 3.87. The Morgan fingerprint density at radius 1 is 1.60 bits per heavy atom. The second-order valence-corrected chi connectivity index (χ2v) is 3.70. The number of hydrogen-bond donors (Lipinski definition) is 0. The lowest BCUT2D eigenvalue weighted by atomic mass is 10.0. The third-order valence-electron chi connectivity index (χ3n) is 2.12. The highest BCUT2D eigenvalue weighted by molar-refractivity contribution is 9.10. The first kappa shape index (κ1) is 11.7. The molecule has 15 heavy (non-hydrogen) atoms. The molecule has 0 bridgehead atoms. The first-order valence-corrected chi connectivity index (χ1v) is 5.24. The minimum atomic E-state index is -0.402. The normalized spacial score (nSPS) is 9.47. The number of nitrogens with zero attached hydrogens (tertiary/aromatic N) is 1. The maximum Gasteiger partial charge on any atom is 0.339 e. The van der Waals surface area contributed by atoms with Gasteiger partial charge in [0.25, 0.3) is 0 Å². The molecule has 0 N–H and O–H groups in total. The molecule has 78 valence electrons. The van der Waals surface area contributed by atoms with Gasteiger partial charge in [0.2, 0.25) is 0 Å². The van der Waals surface area contributed by atoms with Crippen LogP contribution in [0.2, 0.25) is 0 Å². The van der Waals surface area contributed by atoms with Gasteiger partial charge in [-0.1, -0.05) is 6.92 Å². The number of methoxy groups -OCH3 is 1. The van der Waals surface area contributed by atoms with Crippen molar-refractivity contribution in [3.63, 3.8) is 0 Å². The molecule has 0 aliphatic rings. The van der Waals surface area contributed by atoms with E-state index in [4.69, 9.17) is 5.26 Å². The van der Waals surface area contributed by atoms with Gasteiger partial charge in [0.15, 0.2) is 0 Å². The third-order valence-corrected chi connectivity index (χ3v) is 3.03. The summed E-state index contributed by atoms with van der Waals surface area (Å²) < 4.78 is 5.29. The molecule has 0 heterocycles. The Balaban J connectivity index is 3.37. The maximum atomic E-state index is 11.4. The van der Waals surface area contributed by atoms with Gasteiger partial charge in [0, 0.05) is 4.47 Å². The number of ether oxygens (including phenoxy) is 1. The highest BCUT2D eigenvalue weighted by atomic mass is 79.9. The first-order chi connectivity index (χ1) is 7.15. The Bertz CT molecular complexity index is 435. The summed E-state index contributed by atoms with van der Waals surface area (Å²) in [6, 6.07) is 5.32. The van der Waals surface area contributed by atoms with Gasteiger partial charge in [-0.25, -0.2) is 4.79 Å². The van der Waals surface area contributed by atoms with E-state index in [0.29, 0.717) is 22.0 Å². The second-order valence-electron chi connectivity index (χ2n) is 2.91. The number of nitriles is 1. The topological polar surface area (TPSA) is 50.1 Å². The van der Waals surface area contributed by atoms with E-state index in [2.05, 4.69) is 26.7 Å². The van der Waals surface area contributed by atoms with Crippen molar-refractivity contribution in [1.29, 1.82) is 5.26 Å². The number of benzene rings is 1. The fourth-order valence-electron chi connectivity index (χ4n) is 1.34. The minimum absolute atomic E-state index is 0.402. The van der Waals surface area contributed by atoms with E-state index >= 15 is 0 Å². The minimum Gasteiger partial charge on any atom is -0.465 e. The van der Waals surface area contributed by atoms with Crippen LogP contribution in [-0.4, -0.2) is 13.1 Å². The zero-order valence-corrected chi connectivity index (χ0v) is 10.1. The Hall–Kier alpha value is -1.34. The van der Waals surface area contributed by atoms with Gasteiger partial charge in [-0.15, -0.1) is 0 Å². The fourth-order valence-corrected chi connectivity index (χ4v) is 2.13. The van der Waals surface area contributed by atoms with Crippen LogP contribution >= 0.6 is 15.9 Å². The van der Waals surface area contributed by atoms with Crippen LogP contribution in [0.4, 0.5) is 0 Å². The van der Waals surface area contributed by atoms with Crippen LogP contribution < -0.4 is 0 Å². The Morgan fingerprint density at radius 3 is 2.73 bits per heavy atom. The molecule has 0 atom stereocenters. The lowest BCUT2D eigenvalue weighted by Crippen LogP contribution is -2.05. The number of hydrogen-bond acceptors (Lipinski definition) is 3. The molecule has 0 aliphatic carbocycles. The lowest BCUT2D eigenvalue weighted by molar-refractivity contribution is 0.0599. The molecule has 1 aromatic carbocycles. The SMILES string of the molecule is CCc1c(C#N)ccc(C(=O)OC)c1Br. The van der Waals surface area contributed by atoms with Gasteiger partial charge < -0.3 is 4.74 Å². The zero-order chi connectivity index (χ0) is 11.4. The molecule has 0 spiro atoms. The van der Waals surface area contributed by atoms with E-state index in [0.717, 1.165) is 5.56 Å². The van der Waals surface area contributed by atoms with Gasteiger partial charge >= 0.3 is 5.97 Å². The monoisotopic (exact) mass is 267 g/mol. The number of carbonyl (C=O) groups is 1. The van der Waals surface area contributed by atoms with Crippen LogP contribution in [0.25, 0.3) is 0 Å². The van der Waals surface area contributed by atoms with Gasteiger partial charge in [-0.2, -0.15) is 5.26 Å². The van der Waals surface area contributed by atoms with Crippen molar-refractivity contribution in [2.24, 2.45) is 0 Å². The van der Waals surface area contributed by atoms with E-state index in [1.54, 1.807) is 12.1 Å². The molecule has 0 unspecified atom stereocenters. The van der Waals surface area contributed by atoms with Crippen LogP contribution in [0.15, 0.2) is 16.6 Å². The van der Waals surface area contributed by atoms with Crippen LogP contribution in [0, 0.1) is 11.3 Å². The van der Waals surface area contributed by atoms with Gasteiger partial charge in [0.05, 0.1) is 24.3 Å². The molecule has 0 aliphatic heterocycles. The zero-order valence-electron chi connectivity index (χ0n) is 8.50. The van der Waals surface area contributed by atoms with Gasteiger partial charge in [0.1, 0.15) is 0 Å². The average Bonchev–Trinajstić information content (AvgIpc) is 2.27. The molecule has 1 rings (SSSR count). The van der Waals surface area contributed by atoms with Crippen LogP contribution in [0.1, 0.15) is 28.4 Å². The fraction of sp³-hybridized carbons (Fsp3) is 0.273. The highest BCUT2D eigenvalue weighted by Gasteiger charge is 2.15. The van der Waals surface area contributed by atoms with Crippen molar-refractivity contribution in [2.45, 2.75) is 13.3 Å². The van der Waals surface area contributed by atoms with Gasteiger partial charge in [-0.05, 0) is 40.0 Å².